The van der Waals surface area contributed by atoms with Crippen LogP contribution in [0.3, 0.4) is 0 Å². The number of benzene rings is 2. The number of aromatic amines is 1. The number of hydrogen-bond donors (Lipinski definition) is 2. The minimum absolute atomic E-state index is 0.0593. The van der Waals surface area contributed by atoms with Gasteiger partial charge in [-0.1, -0.05) is 24.3 Å². The fourth-order valence-electron chi connectivity index (χ4n) is 2.94. The summed E-state index contributed by atoms with van der Waals surface area (Å²) in [5, 5.41) is 3.89. The van der Waals surface area contributed by atoms with Gasteiger partial charge in [0.15, 0.2) is 0 Å². The van der Waals surface area contributed by atoms with Gasteiger partial charge in [0.1, 0.15) is 5.82 Å². The Hall–Kier alpha value is -2.62. The first-order valence-corrected chi connectivity index (χ1v) is 7.99. The summed E-state index contributed by atoms with van der Waals surface area (Å²) in [5.41, 5.74) is 3.09. The maximum atomic E-state index is 13.3. The zero-order valence-corrected chi connectivity index (χ0v) is 14.1. The van der Waals surface area contributed by atoms with E-state index in [1.807, 2.05) is 45.0 Å². The van der Waals surface area contributed by atoms with Crippen molar-refractivity contribution in [2.45, 2.75) is 32.7 Å². The number of nitrogens with one attached hydrogen (secondary N) is 2. The van der Waals surface area contributed by atoms with E-state index in [4.69, 9.17) is 0 Å². The predicted octanol–water partition coefficient (Wildman–Crippen LogP) is 4.21. The highest BCUT2D eigenvalue weighted by Gasteiger charge is 2.32. The topological polar surface area (TPSA) is 44.9 Å². The Morgan fingerprint density at radius 3 is 2.71 bits per heavy atom. The van der Waals surface area contributed by atoms with Gasteiger partial charge in [-0.05, 0) is 55.7 Å². The number of fused-ring (bicyclic) bond motifs is 1. The van der Waals surface area contributed by atoms with Gasteiger partial charge in [-0.2, -0.15) is 0 Å². The number of aryl methyl sites for hydroxylation is 1. The van der Waals surface area contributed by atoms with Gasteiger partial charge in [-0.3, -0.25) is 4.79 Å². The number of H-pyrrole nitrogens is 1. The monoisotopic (exact) mass is 324 g/mol. The molecular weight excluding hydrogens is 303 g/mol. The van der Waals surface area contributed by atoms with Gasteiger partial charge in [-0.15, -0.1) is 0 Å². The molecule has 1 aromatic heterocycles. The van der Waals surface area contributed by atoms with Crippen LogP contribution in [0.1, 0.15) is 30.5 Å². The molecule has 3 nitrogen and oxygen atoms in total. The predicted molar refractivity (Wildman–Crippen MR) is 94.3 cm³/mol. The van der Waals surface area contributed by atoms with E-state index in [0.29, 0.717) is 12.1 Å². The van der Waals surface area contributed by atoms with Crippen LogP contribution in [0.15, 0.2) is 48.7 Å². The summed E-state index contributed by atoms with van der Waals surface area (Å²) in [6, 6.07) is 12.6. The van der Waals surface area contributed by atoms with Crippen molar-refractivity contribution in [1.82, 2.24) is 10.3 Å². The van der Waals surface area contributed by atoms with Gasteiger partial charge < -0.3 is 10.3 Å². The smallest absolute Gasteiger partial charge is 0.230 e. The molecule has 1 heterocycles. The second-order valence-electron chi connectivity index (χ2n) is 6.63. The molecule has 1 amide bonds. The molecule has 2 aromatic carbocycles. The lowest BCUT2D eigenvalue weighted by atomic mass is 9.83. The van der Waals surface area contributed by atoms with E-state index in [2.05, 4.69) is 10.3 Å². The number of carbonyl (C=O) groups is 1. The molecule has 2 N–H and O–H groups in total. The number of amides is 1. The van der Waals surface area contributed by atoms with Gasteiger partial charge in [0.2, 0.25) is 5.91 Å². The van der Waals surface area contributed by atoms with Crippen LogP contribution < -0.4 is 5.32 Å². The SMILES string of the molecule is Cc1ccccc1CNC(=O)C(C)(C)c1c[nH]c2cc(F)ccc12. The number of carbonyl (C=O) groups excluding carboxylic acids is 1. The van der Waals surface area contributed by atoms with Gasteiger partial charge in [0.05, 0.1) is 5.41 Å². The minimum Gasteiger partial charge on any atom is -0.361 e. The van der Waals surface area contributed by atoms with Crippen LogP contribution in [0.25, 0.3) is 10.9 Å². The van der Waals surface area contributed by atoms with Crippen molar-refractivity contribution in [3.8, 4) is 0 Å². The molecule has 0 aliphatic carbocycles. The quantitative estimate of drug-likeness (QED) is 0.742. The first-order chi connectivity index (χ1) is 11.4. The third-order valence-electron chi connectivity index (χ3n) is 4.59. The molecule has 0 saturated carbocycles. The van der Waals surface area contributed by atoms with Crippen LogP contribution in [0.4, 0.5) is 4.39 Å². The van der Waals surface area contributed by atoms with Gasteiger partial charge >= 0.3 is 0 Å². The molecule has 24 heavy (non-hydrogen) atoms. The van der Waals surface area contributed by atoms with Gasteiger partial charge in [-0.25, -0.2) is 4.39 Å². The highest BCUT2D eigenvalue weighted by molar-refractivity contribution is 5.94. The number of aromatic nitrogens is 1. The molecular formula is C20H21FN2O. The van der Waals surface area contributed by atoms with Crippen LogP contribution >= 0.6 is 0 Å². The van der Waals surface area contributed by atoms with Gasteiger partial charge in [0.25, 0.3) is 0 Å². The summed E-state index contributed by atoms with van der Waals surface area (Å²) in [4.78, 5) is 15.8. The zero-order valence-electron chi connectivity index (χ0n) is 14.1. The van der Waals surface area contributed by atoms with Crippen LogP contribution in [-0.2, 0) is 16.8 Å². The van der Waals surface area contributed by atoms with Crippen LogP contribution in [0, 0.1) is 12.7 Å². The lowest BCUT2D eigenvalue weighted by Gasteiger charge is -2.23. The van der Waals surface area contributed by atoms with E-state index in [0.717, 1.165) is 22.1 Å². The second-order valence-corrected chi connectivity index (χ2v) is 6.63. The van der Waals surface area contributed by atoms with E-state index in [-0.39, 0.29) is 11.7 Å². The molecule has 0 radical (unpaired) electrons. The van der Waals surface area contributed by atoms with Crippen molar-refractivity contribution in [1.29, 1.82) is 0 Å². The Kier molecular flexibility index (Phi) is 4.14. The number of hydrogen-bond acceptors (Lipinski definition) is 1. The maximum absolute atomic E-state index is 13.3. The maximum Gasteiger partial charge on any atom is 0.230 e. The Balaban J connectivity index is 1.83. The van der Waals surface area contributed by atoms with Crippen molar-refractivity contribution in [2.24, 2.45) is 0 Å². The standard InChI is InChI=1S/C20H21FN2O/c1-13-6-4-5-7-14(13)11-23-19(24)20(2,3)17-12-22-18-10-15(21)8-9-16(17)18/h4-10,12,22H,11H2,1-3H3,(H,23,24). The fraction of sp³-hybridized carbons (Fsp3) is 0.250. The van der Waals surface area contributed by atoms with Crippen LogP contribution in [0.5, 0.6) is 0 Å². The lowest BCUT2D eigenvalue weighted by Crippen LogP contribution is -2.39. The molecule has 0 fully saturated rings. The first-order valence-electron chi connectivity index (χ1n) is 7.99. The number of halogens is 1. The van der Waals surface area contributed by atoms with E-state index < -0.39 is 5.41 Å². The summed E-state index contributed by atoms with van der Waals surface area (Å²) in [5.74, 6) is -0.353. The van der Waals surface area contributed by atoms with Crippen molar-refractivity contribution < 1.29 is 9.18 Å². The second kappa shape index (κ2) is 6.11. The van der Waals surface area contributed by atoms with Crippen molar-refractivity contribution in [3.05, 3.63) is 71.2 Å². The molecule has 3 aromatic rings. The molecule has 4 heteroatoms. The zero-order chi connectivity index (χ0) is 17.3. The summed E-state index contributed by atoms with van der Waals surface area (Å²) >= 11 is 0. The van der Waals surface area contributed by atoms with E-state index in [1.165, 1.54) is 12.1 Å². The Morgan fingerprint density at radius 1 is 1.21 bits per heavy atom. The highest BCUT2D eigenvalue weighted by Crippen LogP contribution is 2.31. The summed E-state index contributed by atoms with van der Waals surface area (Å²) in [6.07, 6.45) is 1.79. The normalized spacial score (nSPS) is 11.7. The molecule has 0 spiro atoms. The van der Waals surface area contributed by atoms with Crippen molar-refractivity contribution in [3.63, 3.8) is 0 Å². The first kappa shape index (κ1) is 16.2. The van der Waals surface area contributed by atoms with E-state index in [9.17, 15) is 9.18 Å². The van der Waals surface area contributed by atoms with Crippen molar-refractivity contribution >= 4 is 16.8 Å². The molecule has 124 valence electrons. The lowest BCUT2D eigenvalue weighted by molar-refractivity contribution is -0.125. The third kappa shape index (κ3) is 2.92. The Morgan fingerprint density at radius 2 is 1.96 bits per heavy atom. The molecule has 0 bridgehead atoms. The Labute approximate surface area is 140 Å². The van der Waals surface area contributed by atoms with E-state index in [1.54, 1.807) is 12.3 Å². The van der Waals surface area contributed by atoms with Gasteiger partial charge in [0, 0.05) is 23.6 Å². The largest absolute Gasteiger partial charge is 0.361 e. The summed E-state index contributed by atoms with van der Waals surface area (Å²) in [7, 11) is 0. The molecule has 0 saturated heterocycles. The third-order valence-corrected chi connectivity index (χ3v) is 4.59. The van der Waals surface area contributed by atoms with Crippen LogP contribution in [-0.4, -0.2) is 10.9 Å². The molecule has 0 unspecified atom stereocenters. The van der Waals surface area contributed by atoms with Crippen molar-refractivity contribution in [2.75, 3.05) is 0 Å². The molecule has 0 aliphatic rings. The minimum atomic E-state index is -0.723. The van der Waals surface area contributed by atoms with Crippen LogP contribution in [0.2, 0.25) is 0 Å². The van der Waals surface area contributed by atoms with E-state index >= 15 is 0 Å². The summed E-state index contributed by atoms with van der Waals surface area (Å²) < 4.78 is 13.3. The number of rotatable bonds is 4. The Bertz CT molecular complexity index is 896. The highest BCUT2D eigenvalue weighted by atomic mass is 19.1. The molecule has 3 rings (SSSR count). The fourth-order valence-corrected chi connectivity index (χ4v) is 2.94. The molecule has 0 atom stereocenters. The average molecular weight is 324 g/mol. The average Bonchev–Trinajstić information content (AvgIpc) is 2.97. The molecule has 0 aliphatic heterocycles. The summed E-state index contributed by atoms with van der Waals surface area (Å²) in [6.45, 7) is 6.28.